The molecule has 11 heteroatoms. The Morgan fingerprint density at radius 3 is 2.80 bits per heavy atom. The summed E-state index contributed by atoms with van der Waals surface area (Å²) in [6, 6.07) is 9.94. The fourth-order valence-electron chi connectivity index (χ4n) is 3.50. The van der Waals surface area contributed by atoms with Gasteiger partial charge in [-0.15, -0.1) is 0 Å². The molecule has 1 aliphatic heterocycles. The second kappa shape index (κ2) is 11.3. The van der Waals surface area contributed by atoms with Crippen LogP contribution in [0, 0.1) is 5.82 Å². The maximum absolute atomic E-state index is 13.3. The van der Waals surface area contributed by atoms with Crippen LogP contribution in [0.2, 0.25) is 0 Å². The average molecular weight is 484 g/mol. The van der Waals surface area contributed by atoms with Gasteiger partial charge in [-0.3, -0.25) is 15.1 Å². The molecule has 1 amide bonds. The second-order valence-corrected chi connectivity index (χ2v) is 8.03. The van der Waals surface area contributed by atoms with Crippen molar-refractivity contribution in [3.8, 4) is 5.75 Å². The van der Waals surface area contributed by atoms with E-state index in [1.807, 2.05) is 0 Å². The minimum absolute atomic E-state index is 0.00771. The highest BCUT2D eigenvalue weighted by Crippen LogP contribution is 2.21. The van der Waals surface area contributed by atoms with Crippen LogP contribution in [0.3, 0.4) is 0 Å². The number of rotatable bonds is 10. The predicted octanol–water partition coefficient (Wildman–Crippen LogP) is 2.70. The van der Waals surface area contributed by atoms with E-state index in [0.717, 1.165) is 18.5 Å². The Hall–Kier alpha value is -4.15. The Morgan fingerprint density at radius 1 is 1.23 bits per heavy atom. The molecule has 184 valence electrons. The first-order valence-corrected chi connectivity index (χ1v) is 11.3. The molecule has 4 rings (SSSR count). The largest absolute Gasteiger partial charge is 0.494 e. The number of amides is 1. The van der Waals surface area contributed by atoms with Crippen LogP contribution in [-0.2, 0) is 16.0 Å². The summed E-state index contributed by atoms with van der Waals surface area (Å²) in [6.45, 7) is 1.88. The third-order valence-electron chi connectivity index (χ3n) is 5.28. The van der Waals surface area contributed by atoms with E-state index in [9.17, 15) is 19.1 Å². The van der Waals surface area contributed by atoms with E-state index in [-0.39, 0.29) is 18.3 Å². The molecule has 0 bridgehead atoms. The standard InChI is InChI=1S/C24H26FN5O5/c25-16-6-9-20-18(14-16)28-24(35-20)29-19(22(32)33)13-15-4-7-17(8-5-15)34-12-1-3-21(31)30-23-26-10-2-11-27-23/h4-9,14,19H,1-3,10-13H2,(H,28,29)(H,32,33)(H2,26,27,30,31)/t19-/m0/s1. The van der Waals surface area contributed by atoms with E-state index in [1.165, 1.54) is 18.2 Å². The molecule has 4 N–H and O–H groups in total. The highest BCUT2D eigenvalue weighted by molar-refractivity contribution is 5.97. The van der Waals surface area contributed by atoms with Crippen molar-refractivity contribution in [2.45, 2.75) is 31.7 Å². The number of carboxylic acid groups (broad SMARTS) is 1. The van der Waals surface area contributed by atoms with E-state index >= 15 is 0 Å². The summed E-state index contributed by atoms with van der Waals surface area (Å²) >= 11 is 0. The Balaban J connectivity index is 1.24. The van der Waals surface area contributed by atoms with Gasteiger partial charge in [-0.25, -0.2) is 9.18 Å². The van der Waals surface area contributed by atoms with Gasteiger partial charge in [0.2, 0.25) is 5.91 Å². The molecule has 0 fully saturated rings. The van der Waals surface area contributed by atoms with E-state index < -0.39 is 17.8 Å². The SMILES string of the molecule is O=C(CCCOc1ccc(C[C@H](Nc2nc3cc(F)ccc3o2)C(=O)O)cc1)NC1=NCCCN1. The quantitative estimate of drug-likeness (QED) is 0.323. The molecule has 1 atom stereocenters. The monoisotopic (exact) mass is 483 g/mol. The lowest BCUT2D eigenvalue weighted by atomic mass is 10.1. The average Bonchev–Trinajstić information content (AvgIpc) is 3.24. The molecule has 0 spiro atoms. The molecular weight excluding hydrogens is 457 g/mol. The predicted molar refractivity (Wildman–Crippen MR) is 127 cm³/mol. The van der Waals surface area contributed by atoms with Crippen molar-refractivity contribution in [1.82, 2.24) is 15.6 Å². The number of anilines is 1. The smallest absolute Gasteiger partial charge is 0.326 e. The van der Waals surface area contributed by atoms with Crippen LogP contribution in [0.5, 0.6) is 5.75 Å². The highest BCUT2D eigenvalue weighted by atomic mass is 19.1. The maximum Gasteiger partial charge on any atom is 0.326 e. The van der Waals surface area contributed by atoms with Gasteiger partial charge in [-0.2, -0.15) is 4.98 Å². The van der Waals surface area contributed by atoms with Gasteiger partial charge in [0.05, 0.1) is 6.61 Å². The summed E-state index contributed by atoms with van der Waals surface area (Å²) in [4.78, 5) is 32.0. The Labute approximate surface area is 200 Å². The normalized spacial score (nSPS) is 14.0. The first-order valence-electron chi connectivity index (χ1n) is 11.3. The van der Waals surface area contributed by atoms with Crippen LogP contribution in [0.25, 0.3) is 11.1 Å². The van der Waals surface area contributed by atoms with Crippen molar-refractivity contribution in [3.63, 3.8) is 0 Å². The third kappa shape index (κ3) is 6.92. The van der Waals surface area contributed by atoms with E-state index in [4.69, 9.17) is 9.15 Å². The van der Waals surface area contributed by atoms with Crippen molar-refractivity contribution < 1.29 is 28.2 Å². The topological polar surface area (TPSA) is 138 Å². The minimum Gasteiger partial charge on any atom is -0.494 e. The first kappa shape index (κ1) is 24.0. The molecule has 3 aromatic rings. The number of carboxylic acids is 1. The second-order valence-electron chi connectivity index (χ2n) is 8.03. The summed E-state index contributed by atoms with van der Waals surface area (Å²) in [5.41, 5.74) is 1.42. The highest BCUT2D eigenvalue weighted by Gasteiger charge is 2.20. The van der Waals surface area contributed by atoms with Crippen LogP contribution in [-0.4, -0.2) is 53.7 Å². The lowest BCUT2D eigenvalue weighted by Crippen LogP contribution is -2.43. The van der Waals surface area contributed by atoms with Crippen molar-refractivity contribution in [1.29, 1.82) is 0 Å². The zero-order chi connectivity index (χ0) is 24.6. The van der Waals surface area contributed by atoms with Crippen molar-refractivity contribution in [2.24, 2.45) is 4.99 Å². The van der Waals surface area contributed by atoms with E-state index in [2.05, 4.69) is 25.9 Å². The number of guanidine groups is 1. The van der Waals surface area contributed by atoms with Gasteiger partial charge in [0.15, 0.2) is 11.5 Å². The third-order valence-corrected chi connectivity index (χ3v) is 5.28. The maximum atomic E-state index is 13.3. The number of carbonyl (C=O) groups excluding carboxylic acids is 1. The molecule has 0 aliphatic carbocycles. The Morgan fingerprint density at radius 2 is 2.06 bits per heavy atom. The van der Waals surface area contributed by atoms with Crippen LogP contribution in [0.1, 0.15) is 24.8 Å². The molecule has 0 unspecified atom stereocenters. The molecule has 1 aromatic heterocycles. The fourth-order valence-corrected chi connectivity index (χ4v) is 3.50. The number of hydrogen-bond donors (Lipinski definition) is 4. The molecule has 35 heavy (non-hydrogen) atoms. The van der Waals surface area contributed by atoms with Crippen LogP contribution < -0.4 is 20.7 Å². The van der Waals surface area contributed by atoms with Crippen molar-refractivity contribution in [2.75, 3.05) is 25.0 Å². The molecule has 1 aliphatic rings. The number of ether oxygens (including phenoxy) is 1. The minimum atomic E-state index is -1.08. The lowest BCUT2D eigenvalue weighted by Gasteiger charge is -2.15. The van der Waals surface area contributed by atoms with Gasteiger partial charge in [0, 0.05) is 32.0 Å². The number of halogens is 1. The molecule has 2 heterocycles. The van der Waals surface area contributed by atoms with Gasteiger partial charge in [-0.05, 0) is 42.7 Å². The number of fused-ring (bicyclic) bond motifs is 1. The van der Waals surface area contributed by atoms with E-state index in [0.29, 0.717) is 48.8 Å². The Bertz CT molecular complexity index is 1210. The summed E-state index contributed by atoms with van der Waals surface area (Å²) in [5, 5.41) is 18.1. The summed E-state index contributed by atoms with van der Waals surface area (Å²) < 4.78 is 24.5. The molecule has 0 radical (unpaired) electrons. The molecule has 10 nitrogen and oxygen atoms in total. The van der Waals surface area contributed by atoms with Gasteiger partial charge in [0.25, 0.3) is 6.01 Å². The molecule has 0 saturated carbocycles. The van der Waals surface area contributed by atoms with Crippen molar-refractivity contribution >= 4 is 35.0 Å². The van der Waals surface area contributed by atoms with Crippen LogP contribution in [0.4, 0.5) is 10.4 Å². The number of carbonyl (C=O) groups is 2. The zero-order valence-corrected chi connectivity index (χ0v) is 18.9. The summed E-state index contributed by atoms with van der Waals surface area (Å²) in [6.07, 6.45) is 1.98. The number of oxazole rings is 1. The number of hydrogen-bond acceptors (Lipinski definition) is 8. The Kier molecular flexibility index (Phi) is 7.76. The van der Waals surface area contributed by atoms with Crippen LogP contribution >= 0.6 is 0 Å². The number of nitrogens with zero attached hydrogens (tertiary/aromatic N) is 2. The number of benzene rings is 2. The van der Waals surface area contributed by atoms with Gasteiger partial charge in [-0.1, -0.05) is 12.1 Å². The zero-order valence-electron chi connectivity index (χ0n) is 18.9. The lowest BCUT2D eigenvalue weighted by molar-refractivity contribution is -0.138. The van der Waals surface area contributed by atoms with E-state index in [1.54, 1.807) is 24.3 Å². The van der Waals surface area contributed by atoms with Gasteiger partial charge >= 0.3 is 5.97 Å². The van der Waals surface area contributed by atoms with Gasteiger partial charge in [0.1, 0.15) is 23.1 Å². The van der Waals surface area contributed by atoms with Crippen LogP contribution in [0.15, 0.2) is 51.9 Å². The molecule has 2 aromatic carbocycles. The number of nitrogens with one attached hydrogen (secondary N) is 3. The summed E-state index contributed by atoms with van der Waals surface area (Å²) in [7, 11) is 0. The van der Waals surface area contributed by atoms with Gasteiger partial charge < -0.3 is 24.9 Å². The van der Waals surface area contributed by atoms with Crippen molar-refractivity contribution in [3.05, 3.63) is 53.8 Å². The molecule has 0 saturated heterocycles. The number of aliphatic imine (C=N–C) groups is 1. The number of aromatic nitrogens is 1. The first-order chi connectivity index (χ1) is 17.0. The fraction of sp³-hybridized carbons (Fsp3) is 0.333. The molecular formula is C24H26FN5O5. The number of aliphatic carboxylic acids is 1. The summed E-state index contributed by atoms with van der Waals surface area (Å²) in [5.74, 6) is -0.505.